The van der Waals surface area contributed by atoms with E-state index in [1.165, 1.54) is 12.4 Å². The lowest BCUT2D eigenvalue weighted by atomic mass is 10.0. The van der Waals surface area contributed by atoms with E-state index in [4.69, 9.17) is 0 Å². The van der Waals surface area contributed by atoms with E-state index >= 15 is 0 Å². The van der Waals surface area contributed by atoms with Crippen molar-refractivity contribution < 1.29 is 4.39 Å². The minimum atomic E-state index is -0.274. The number of H-pyrrole nitrogens is 2. The summed E-state index contributed by atoms with van der Waals surface area (Å²) < 4.78 is 14.4. The molecule has 6 aromatic rings. The SMILES string of the molecule is Fc1ccccc1-c1ccnc2[nH]c(-c3n[nH]c4cnc(-c5cncnc5)cc34)cc12. The second-order valence-electron chi connectivity index (χ2n) is 7.10. The van der Waals surface area contributed by atoms with Gasteiger partial charge in [0, 0.05) is 40.5 Å². The molecule has 0 amide bonds. The van der Waals surface area contributed by atoms with E-state index in [0.29, 0.717) is 11.2 Å². The highest BCUT2D eigenvalue weighted by Crippen LogP contribution is 2.34. The first-order valence-corrected chi connectivity index (χ1v) is 9.60. The Labute approximate surface area is 175 Å². The molecule has 0 radical (unpaired) electrons. The Balaban J connectivity index is 1.53. The Bertz CT molecular complexity index is 1550. The molecule has 0 spiro atoms. The highest BCUT2D eigenvalue weighted by molar-refractivity contribution is 6.00. The largest absolute Gasteiger partial charge is 0.338 e. The van der Waals surface area contributed by atoms with Gasteiger partial charge in [-0.3, -0.25) is 10.1 Å². The number of hydrogen-bond acceptors (Lipinski definition) is 5. The summed E-state index contributed by atoms with van der Waals surface area (Å²) >= 11 is 0. The molecule has 6 rings (SSSR count). The number of halogens is 1. The monoisotopic (exact) mass is 407 g/mol. The van der Waals surface area contributed by atoms with Gasteiger partial charge in [0.1, 0.15) is 23.5 Å². The van der Waals surface area contributed by atoms with Gasteiger partial charge in [-0.25, -0.2) is 19.3 Å². The van der Waals surface area contributed by atoms with E-state index in [0.717, 1.165) is 44.5 Å². The van der Waals surface area contributed by atoms with Crippen molar-refractivity contribution in [1.82, 2.24) is 35.1 Å². The summed E-state index contributed by atoms with van der Waals surface area (Å²) in [6.07, 6.45) is 8.32. The maximum atomic E-state index is 14.4. The molecule has 1 aromatic carbocycles. The molecule has 31 heavy (non-hydrogen) atoms. The van der Waals surface area contributed by atoms with Crippen molar-refractivity contribution in [2.75, 3.05) is 0 Å². The average molecular weight is 407 g/mol. The smallest absolute Gasteiger partial charge is 0.138 e. The van der Waals surface area contributed by atoms with E-state index in [-0.39, 0.29) is 5.82 Å². The fourth-order valence-corrected chi connectivity index (χ4v) is 3.78. The molecule has 8 heteroatoms. The molecular weight excluding hydrogens is 393 g/mol. The van der Waals surface area contributed by atoms with Gasteiger partial charge in [0.25, 0.3) is 0 Å². The summed E-state index contributed by atoms with van der Waals surface area (Å²) in [5.41, 5.74) is 5.84. The summed E-state index contributed by atoms with van der Waals surface area (Å²) in [4.78, 5) is 20.3. The second-order valence-corrected chi connectivity index (χ2v) is 7.10. The molecular formula is C23H14FN7. The first kappa shape index (κ1) is 17.4. The zero-order valence-corrected chi connectivity index (χ0v) is 16.0. The van der Waals surface area contributed by atoms with Gasteiger partial charge in [0.15, 0.2) is 0 Å². The van der Waals surface area contributed by atoms with Crippen LogP contribution in [0.2, 0.25) is 0 Å². The molecule has 0 saturated carbocycles. The number of aromatic nitrogens is 7. The molecule has 2 N–H and O–H groups in total. The zero-order valence-electron chi connectivity index (χ0n) is 16.0. The number of rotatable bonds is 3. The van der Waals surface area contributed by atoms with Crippen LogP contribution in [0.25, 0.3) is 55.7 Å². The number of nitrogens with zero attached hydrogens (tertiary/aromatic N) is 5. The van der Waals surface area contributed by atoms with E-state index in [2.05, 4.69) is 35.1 Å². The number of aromatic amines is 2. The van der Waals surface area contributed by atoms with Crippen LogP contribution in [0.5, 0.6) is 0 Å². The van der Waals surface area contributed by atoms with Crippen molar-refractivity contribution in [3.63, 3.8) is 0 Å². The number of fused-ring (bicyclic) bond motifs is 2. The fourth-order valence-electron chi connectivity index (χ4n) is 3.78. The molecule has 0 bridgehead atoms. The molecule has 0 fully saturated rings. The Hall–Kier alpha value is -4.46. The van der Waals surface area contributed by atoms with Gasteiger partial charge in [-0.15, -0.1) is 0 Å². The molecule has 0 aliphatic heterocycles. The summed E-state index contributed by atoms with van der Waals surface area (Å²) in [5.74, 6) is -0.274. The first-order valence-electron chi connectivity index (χ1n) is 9.60. The lowest BCUT2D eigenvalue weighted by molar-refractivity contribution is 0.631. The Kier molecular flexibility index (Phi) is 3.82. The Morgan fingerprint density at radius 2 is 1.71 bits per heavy atom. The Morgan fingerprint density at radius 3 is 2.58 bits per heavy atom. The van der Waals surface area contributed by atoms with Crippen LogP contribution in [0.1, 0.15) is 0 Å². The van der Waals surface area contributed by atoms with E-state index < -0.39 is 0 Å². The number of pyridine rings is 2. The third-order valence-corrected chi connectivity index (χ3v) is 5.25. The summed E-state index contributed by atoms with van der Waals surface area (Å²) in [6, 6.07) is 12.4. The second kappa shape index (κ2) is 6.81. The molecule has 0 unspecified atom stereocenters. The summed E-state index contributed by atoms with van der Waals surface area (Å²) in [6.45, 7) is 0. The van der Waals surface area contributed by atoms with Crippen molar-refractivity contribution in [1.29, 1.82) is 0 Å². The van der Waals surface area contributed by atoms with E-state index in [1.54, 1.807) is 36.9 Å². The lowest BCUT2D eigenvalue weighted by Gasteiger charge is -2.04. The molecule has 0 atom stereocenters. The first-order chi connectivity index (χ1) is 15.3. The van der Waals surface area contributed by atoms with Crippen molar-refractivity contribution in [3.05, 3.63) is 79.4 Å². The van der Waals surface area contributed by atoms with Crippen LogP contribution >= 0.6 is 0 Å². The zero-order chi connectivity index (χ0) is 20.8. The molecule has 5 aromatic heterocycles. The number of benzene rings is 1. The van der Waals surface area contributed by atoms with Gasteiger partial charge in [0.05, 0.1) is 23.1 Å². The summed E-state index contributed by atoms with van der Waals surface area (Å²) in [5, 5.41) is 9.23. The van der Waals surface area contributed by atoms with Crippen LogP contribution in [0.15, 0.2) is 73.6 Å². The minimum absolute atomic E-state index is 0.274. The topological polar surface area (TPSA) is 96.0 Å². The minimum Gasteiger partial charge on any atom is -0.338 e. The van der Waals surface area contributed by atoms with Gasteiger partial charge in [-0.2, -0.15) is 5.10 Å². The van der Waals surface area contributed by atoms with Crippen molar-refractivity contribution in [2.45, 2.75) is 0 Å². The summed E-state index contributed by atoms with van der Waals surface area (Å²) in [7, 11) is 0. The number of hydrogen-bond donors (Lipinski definition) is 2. The van der Waals surface area contributed by atoms with Gasteiger partial charge >= 0.3 is 0 Å². The van der Waals surface area contributed by atoms with E-state index in [9.17, 15) is 4.39 Å². The van der Waals surface area contributed by atoms with Crippen LogP contribution in [0.3, 0.4) is 0 Å². The van der Waals surface area contributed by atoms with Gasteiger partial charge < -0.3 is 4.98 Å². The van der Waals surface area contributed by atoms with Gasteiger partial charge in [0.2, 0.25) is 0 Å². The third kappa shape index (κ3) is 2.84. The molecule has 0 aliphatic carbocycles. The normalized spacial score (nSPS) is 11.4. The van der Waals surface area contributed by atoms with Crippen LogP contribution in [0, 0.1) is 5.82 Å². The molecule has 5 heterocycles. The van der Waals surface area contributed by atoms with Crippen LogP contribution in [-0.2, 0) is 0 Å². The van der Waals surface area contributed by atoms with Gasteiger partial charge in [-0.1, -0.05) is 18.2 Å². The molecule has 7 nitrogen and oxygen atoms in total. The molecule has 0 saturated heterocycles. The Morgan fingerprint density at radius 1 is 0.839 bits per heavy atom. The van der Waals surface area contributed by atoms with Crippen LogP contribution < -0.4 is 0 Å². The van der Waals surface area contributed by atoms with Crippen molar-refractivity contribution >= 4 is 21.9 Å². The predicted octanol–water partition coefficient (Wildman–Crippen LogP) is 4.76. The van der Waals surface area contributed by atoms with E-state index in [1.807, 2.05) is 24.3 Å². The van der Waals surface area contributed by atoms with Crippen LogP contribution in [-0.4, -0.2) is 35.1 Å². The lowest BCUT2D eigenvalue weighted by Crippen LogP contribution is -1.86. The highest BCUT2D eigenvalue weighted by atomic mass is 19.1. The quantitative estimate of drug-likeness (QED) is 0.441. The van der Waals surface area contributed by atoms with Gasteiger partial charge in [-0.05, 0) is 29.8 Å². The molecule has 148 valence electrons. The van der Waals surface area contributed by atoms with Crippen LogP contribution in [0.4, 0.5) is 4.39 Å². The third-order valence-electron chi connectivity index (χ3n) is 5.25. The highest BCUT2D eigenvalue weighted by Gasteiger charge is 2.16. The maximum Gasteiger partial charge on any atom is 0.138 e. The van der Waals surface area contributed by atoms with Crippen molar-refractivity contribution in [3.8, 4) is 33.8 Å². The standard InChI is InChI=1S/C23H14FN7/c24-18-4-2-1-3-15(18)14-5-6-27-23-16(14)7-20(29-23)22-17-8-19(13-9-25-12-26-10-13)28-11-21(17)30-31-22/h1-12H,(H,27,29)(H,30,31). The average Bonchev–Trinajstić information content (AvgIpc) is 3.43. The molecule has 0 aliphatic rings. The maximum absolute atomic E-state index is 14.4. The number of nitrogens with one attached hydrogen (secondary N) is 2. The predicted molar refractivity (Wildman–Crippen MR) is 115 cm³/mol. The fraction of sp³-hybridized carbons (Fsp3) is 0. The van der Waals surface area contributed by atoms with Crippen molar-refractivity contribution in [2.24, 2.45) is 0 Å².